The van der Waals surface area contributed by atoms with Crippen molar-refractivity contribution in [3.63, 3.8) is 0 Å². The fourth-order valence-electron chi connectivity index (χ4n) is 5.10. The number of nitrogen functional groups attached to an aromatic ring is 1. The molecule has 0 bridgehead atoms. The van der Waals surface area contributed by atoms with Crippen molar-refractivity contribution in [2.45, 2.75) is 18.9 Å². The molecule has 0 fully saturated rings. The van der Waals surface area contributed by atoms with E-state index in [1.807, 2.05) is 0 Å². The summed E-state index contributed by atoms with van der Waals surface area (Å²) in [6.45, 7) is 1.88. The first kappa shape index (κ1) is 26.1. The summed E-state index contributed by atoms with van der Waals surface area (Å²) >= 11 is 6.29. The van der Waals surface area contributed by atoms with Crippen LogP contribution in [0.25, 0.3) is 28.5 Å². The summed E-state index contributed by atoms with van der Waals surface area (Å²) < 4.78 is 16.1. The Morgan fingerprint density at radius 2 is 1.90 bits per heavy atom. The van der Waals surface area contributed by atoms with E-state index in [2.05, 4.69) is 15.3 Å². The number of nitrogens with one attached hydrogen (secondary N) is 1. The largest absolute Gasteiger partial charge is 0.478 e. The molecule has 204 valence electrons. The van der Waals surface area contributed by atoms with Crippen LogP contribution >= 0.6 is 11.6 Å². The van der Waals surface area contributed by atoms with Crippen molar-refractivity contribution >= 4 is 52.1 Å². The highest BCUT2D eigenvalue weighted by Gasteiger charge is 2.47. The molecule has 1 amide bonds. The molecule has 4 N–H and O–H groups in total. The summed E-state index contributed by atoms with van der Waals surface area (Å²) in [6, 6.07) is 18.6. The van der Waals surface area contributed by atoms with Crippen LogP contribution in [-0.2, 0) is 21.5 Å². The molecule has 5 aromatic rings. The standard InChI is InChI=1S/C30H22ClFN6O3/c1-30(18-9-6-16(7-10-18)8-13-23(39)40)24-26(33)34-28(35-27(24)36-29(30)41)25-20-12-11-19(31)14-22(20)38(37-25)15-17-4-2-3-5-21(17)32/h2-14H,15H2,1H3,(H,39,40)(H3,33,34,35,36,41)/b13-8+. The number of fused-ring (bicyclic) bond motifs is 2. The van der Waals surface area contributed by atoms with Crippen molar-refractivity contribution in [1.82, 2.24) is 19.7 Å². The number of carboxylic acids is 1. The number of rotatable bonds is 6. The van der Waals surface area contributed by atoms with Gasteiger partial charge in [-0.3, -0.25) is 9.48 Å². The fourth-order valence-corrected chi connectivity index (χ4v) is 5.27. The second kappa shape index (κ2) is 9.83. The van der Waals surface area contributed by atoms with Crippen LogP contribution < -0.4 is 11.1 Å². The quantitative estimate of drug-likeness (QED) is 0.237. The fraction of sp³-hybridized carbons (Fsp3) is 0.100. The minimum absolute atomic E-state index is 0.103. The van der Waals surface area contributed by atoms with Gasteiger partial charge in [0.2, 0.25) is 5.91 Å². The Morgan fingerprint density at radius 3 is 2.63 bits per heavy atom. The number of nitrogens with two attached hydrogens (primary N) is 1. The van der Waals surface area contributed by atoms with E-state index in [9.17, 15) is 14.0 Å². The van der Waals surface area contributed by atoms with Gasteiger partial charge >= 0.3 is 5.97 Å². The molecule has 0 aliphatic carbocycles. The number of aliphatic carboxylic acids is 1. The Hall–Kier alpha value is -5.09. The van der Waals surface area contributed by atoms with E-state index in [4.69, 9.17) is 27.5 Å². The number of nitrogens with zero attached hydrogens (tertiary/aromatic N) is 4. The number of aromatic nitrogens is 4. The minimum Gasteiger partial charge on any atom is -0.478 e. The average Bonchev–Trinajstić information content (AvgIpc) is 3.43. The molecule has 3 aromatic carbocycles. The maximum atomic E-state index is 14.5. The number of amides is 1. The molecule has 0 spiro atoms. The lowest BCUT2D eigenvalue weighted by Crippen LogP contribution is -2.32. The molecule has 0 saturated heterocycles. The number of anilines is 2. The Balaban J connectivity index is 1.43. The predicted octanol–water partition coefficient (Wildman–Crippen LogP) is 5.27. The average molecular weight is 569 g/mol. The first-order valence-electron chi connectivity index (χ1n) is 12.6. The highest BCUT2D eigenvalue weighted by molar-refractivity contribution is 6.31. The second-order valence-electron chi connectivity index (χ2n) is 9.79. The Morgan fingerprint density at radius 1 is 1.15 bits per heavy atom. The molecular formula is C30H22ClFN6O3. The Bertz CT molecular complexity index is 1900. The lowest BCUT2D eigenvalue weighted by atomic mass is 9.77. The van der Waals surface area contributed by atoms with Crippen LogP contribution in [0, 0.1) is 5.82 Å². The first-order chi connectivity index (χ1) is 19.6. The molecule has 1 atom stereocenters. The topological polar surface area (TPSA) is 136 Å². The molecule has 9 nitrogen and oxygen atoms in total. The highest BCUT2D eigenvalue weighted by Crippen LogP contribution is 2.45. The van der Waals surface area contributed by atoms with Crippen molar-refractivity contribution in [3.8, 4) is 11.5 Å². The zero-order valence-corrected chi connectivity index (χ0v) is 22.4. The molecular weight excluding hydrogens is 547 g/mol. The predicted molar refractivity (Wildman–Crippen MR) is 154 cm³/mol. The van der Waals surface area contributed by atoms with Crippen LogP contribution in [0.1, 0.15) is 29.2 Å². The summed E-state index contributed by atoms with van der Waals surface area (Å²) in [5.41, 5.74) is 8.54. The number of carbonyl (C=O) groups is 2. The van der Waals surface area contributed by atoms with Crippen LogP contribution in [0.4, 0.5) is 16.0 Å². The lowest BCUT2D eigenvalue weighted by molar-refractivity contribution is -0.131. The highest BCUT2D eigenvalue weighted by atomic mass is 35.5. The van der Waals surface area contributed by atoms with Crippen LogP contribution in [0.5, 0.6) is 0 Å². The molecule has 2 aromatic heterocycles. The zero-order valence-electron chi connectivity index (χ0n) is 21.6. The second-order valence-corrected chi connectivity index (χ2v) is 10.2. The van der Waals surface area contributed by atoms with E-state index < -0.39 is 11.4 Å². The monoisotopic (exact) mass is 568 g/mol. The smallest absolute Gasteiger partial charge is 0.328 e. The van der Waals surface area contributed by atoms with Gasteiger partial charge < -0.3 is 16.2 Å². The molecule has 1 unspecified atom stereocenters. The number of hydrogen-bond donors (Lipinski definition) is 3. The molecule has 1 aliphatic rings. The Kier molecular flexibility index (Phi) is 6.27. The van der Waals surface area contributed by atoms with Gasteiger partial charge in [-0.15, -0.1) is 0 Å². The van der Waals surface area contributed by atoms with E-state index >= 15 is 0 Å². The maximum absolute atomic E-state index is 14.5. The van der Waals surface area contributed by atoms with E-state index in [-0.39, 0.29) is 35.7 Å². The third kappa shape index (κ3) is 4.48. The van der Waals surface area contributed by atoms with Gasteiger partial charge in [0.05, 0.1) is 17.6 Å². The number of benzene rings is 3. The lowest BCUT2D eigenvalue weighted by Gasteiger charge is -2.23. The van der Waals surface area contributed by atoms with E-state index in [0.29, 0.717) is 43.9 Å². The van der Waals surface area contributed by atoms with Crippen molar-refractivity contribution in [1.29, 1.82) is 0 Å². The van der Waals surface area contributed by atoms with Gasteiger partial charge in [0.1, 0.15) is 28.6 Å². The first-order valence-corrected chi connectivity index (χ1v) is 12.9. The van der Waals surface area contributed by atoms with Crippen LogP contribution in [0.3, 0.4) is 0 Å². The normalized spacial score (nSPS) is 16.3. The summed E-state index contributed by atoms with van der Waals surface area (Å²) in [5.74, 6) is -1.18. The van der Waals surface area contributed by atoms with Gasteiger partial charge in [0.15, 0.2) is 5.82 Å². The van der Waals surface area contributed by atoms with Gasteiger partial charge in [0.25, 0.3) is 0 Å². The van der Waals surface area contributed by atoms with E-state index in [0.717, 1.165) is 6.08 Å². The summed E-state index contributed by atoms with van der Waals surface area (Å²) in [6.07, 6.45) is 2.50. The Labute approximate surface area is 238 Å². The zero-order chi connectivity index (χ0) is 28.9. The molecule has 3 heterocycles. The van der Waals surface area contributed by atoms with E-state index in [1.54, 1.807) is 72.3 Å². The van der Waals surface area contributed by atoms with Gasteiger partial charge in [-0.05, 0) is 48.4 Å². The van der Waals surface area contributed by atoms with Crippen LogP contribution in [0.15, 0.2) is 72.8 Å². The van der Waals surface area contributed by atoms with Crippen molar-refractivity contribution < 1.29 is 19.1 Å². The summed E-state index contributed by atoms with van der Waals surface area (Å²) in [4.78, 5) is 33.4. The number of hydrogen-bond acceptors (Lipinski definition) is 6. The number of carbonyl (C=O) groups excluding carboxylic acids is 1. The van der Waals surface area contributed by atoms with E-state index in [1.165, 1.54) is 12.1 Å². The summed E-state index contributed by atoms with van der Waals surface area (Å²) in [5, 5.41) is 17.6. The third-order valence-electron chi connectivity index (χ3n) is 7.23. The molecule has 0 saturated carbocycles. The molecule has 1 aliphatic heterocycles. The van der Waals surface area contributed by atoms with Gasteiger partial charge in [0, 0.05) is 22.0 Å². The van der Waals surface area contributed by atoms with Gasteiger partial charge in [-0.1, -0.05) is 54.1 Å². The van der Waals surface area contributed by atoms with Crippen molar-refractivity contribution in [2.75, 3.05) is 11.1 Å². The number of carboxylic acid groups (broad SMARTS) is 1. The van der Waals surface area contributed by atoms with Crippen LogP contribution in [-0.4, -0.2) is 36.7 Å². The maximum Gasteiger partial charge on any atom is 0.328 e. The third-order valence-corrected chi connectivity index (χ3v) is 7.47. The summed E-state index contributed by atoms with van der Waals surface area (Å²) in [7, 11) is 0. The minimum atomic E-state index is -1.19. The number of halogens is 2. The SMILES string of the molecule is CC1(c2ccc(/C=C/C(=O)O)cc2)C(=O)Nc2nc(-c3nn(Cc4ccccc4F)c4cc(Cl)ccc34)nc(N)c21. The molecule has 6 rings (SSSR count). The molecule has 11 heteroatoms. The molecule has 41 heavy (non-hydrogen) atoms. The van der Waals surface area contributed by atoms with Gasteiger partial charge in [-0.25, -0.2) is 19.2 Å². The van der Waals surface area contributed by atoms with Crippen LogP contribution in [0.2, 0.25) is 5.02 Å². The van der Waals surface area contributed by atoms with Crippen molar-refractivity contribution in [3.05, 3.63) is 106 Å². The molecule has 0 radical (unpaired) electrons. The van der Waals surface area contributed by atoms with Crippen molar-refractivity contribution in [2.24, 2.45) is 0 Å². The van der Waals surface area contributed by atoms with Gasteiger partial charge in [-0.2, -0.15) is 5.10 Å².